The van der Waals surface area contributed by atoms with E-state index in [-0.39, 0.29) is 16.7 Å². The first-order chi connectivity index (χ1) is 15.0. The number of likely N-dealkylation sites (tertiary alicyclic amines) is 1. The van der Waals surface area contributed by atoms with E-state index in [1.165, 1.54) is 4.31 Å². The van der Waals surface area contributed by atoms with Gasteiger partial charge < -0.3 is 9.32 Å². The highest BCUT2D eigenvalue weighted by molar-refractivity contribution is 7.89. The van der Waals surface area contributed by atoms with Crippen molar-refractivity contribution in [3.05, 3.63) is 60.0 Å². The number of piperidine rings is 1. The fraction of sp³-hybridized carbons (Fsp3) is 0.391. The lowest BCUT2D eigenvalue weighted by molar-refractivity contribution is 0.0706. The number of sulfonamides is 1. The molecule has 3 aromatic rings. The average Bonchev–Trinajstić information content (AvgIpc) is 3.49. The molecule has 7 nitrogen and oxygen atoms in total. The summed E-state index contributed by atoms with van der Waals surface area (Å²) in [4.78, 5) is 19.6. The monoisotopic (exact) mass is 439 g/mol. The van der Waals surface area contributed by atoms with Crippen molar-refractivity contribution >= 4 is 27.0 Å². The first kappa shape index (κ1) is 20.2. The summed E-state index contributed by atoms with van der Waals surface area (Å²) in [6, 6.07) is 14.1. The molecule has 5 rings (SSSR count). The number of para-hydroxylation sites is 2. The van der Waals surface area contributed by atoms with Gasteiger partial charge in [-0.2, -0.15) is 4.31 Å². The third-order valence-electron chi connectivity index (χ3n) is 6.25. The van der Waals surface area contributed by atoms with Crippen LogP contribution >= 0.6 is 0 Å². The zero-order valence-corrected chi connectivity index (χ0v) is 18.1. The fourth-order valence-corrected chi connectivity index (χ4v) is 5.94. The summed E-state index contributed by atoms with van der Waals surface area (Å²) in [7, 11) is -3.46. The van der Waals surface area contributed by atoms with Crippen molar-refractivity contribution in [3.63, 3.8) is 0 Å². The number of carbonyl (C=O) groups is 1. The Hall–Kier alpha value is -2.71. The molecule has 0 saturated carbocycles. The zero-order valence-electron chi connectivity index (χ0n) is 17.2. The number of nitrogens with zero attached hydrogens (tertiary/aromatic N) is 3. The minimum Gasteiger partial charge on any atom is -0.440 e. The standard InChI is InChI=1S/C23H25N3O4S/c27-23(18-7-9-19(10-8-18)31(28,29)26-13-3-4-14-26)25-15-11-17(12-16-25)22-24-20-5-1-2-6-21(20)30-22/h1-2,5-10,17H,3-4,11-16H2. The van der Waals surface area contributed by atoms with Crippen LogP contribution in [-0.2, 0) is 10.0 Å². The van der Waals surface area contributed by atoms with Gasteiger partial charge in [-0.05, 0) is 62.1 Å². The molecule has 0 unspecified atom stereocenters. The number of hydrogen-bond donors (Lipinski definition) is 0. The number of hydrogen-bond acceptors (Lipinski definition) is 5. The first-order valence-electron chi connectivity index (χ1n) is 10.8. The molecule has 2 aliphatic heterocycles. The van der Waals surface area contributed by atoms with Crippen molar-refractivity contribution in [1.29, 1.82) is 0 Å². The number of aromatic nitrogens is 1. The molecule has 1 aromatic heterocycles. The second-order valence-electron chi connectivity index (χ2n) is 8.22. The van der Waals surface area contributed by atoms with E-state index in [1.54, 1.807) is 24.3 Å². The lowest BCUT2D eigenvalue weighted by Crippen LogP contribution is -2.38. The van der Waals surface area contributed by atoms with Gasteiger partial charge in [0.2, 0.25) is 10.0 Å². The summed E-state index contributed by atoms with van der Waals surface area (Å²) in [5, 5.41) is 0. The number of fused-ring (bicyclic) bond motifs is 1. The maximum Gasteiger partial charge on any atom is 0.253 e. The Morgan fingerprint density at radius 2 is 1.61 bits per heavy atom. The molecule has 162 valence electrons. The van der Waals surface area contributed by atoms with Crippen LogP contribution in [0.5, 0.6) is 0 Å². The van der Waals surface area contributed by atoms with E-state index in [0.717, 1.165) is 42.7 Å². The molecular weight excluding hydrogens is 414 g/mol. The van der Waals surface area contributed by atoms with Crippen molar-refractivity contribution in [1.82, 2.24) is 14.2 Å². The van der Waals surface area contributed by atoms with Crippen LogP contribution in [0, 0.1) is 0 Å². The molecule has 2 fully saturated rings. The second kappa shape index (κ2) is 8.09. The van der Waals surface area contributed by atoms with Gasteiger partial charge in [-0.1, -0.05) is 12.1 Å². The lowest BCUT2D eigenvalue weighted by Gasteiger charge is -2.30. The minimum atomic E-state index is -3.46. The molecule has 0 aliphatic carbocycles. The molecule has 0 atom stereocenters. The average molecular weight is 440 g/mol. The van der Waals surface area contributed by atoms with Crippen LogP contribution in [-0.4, -0.2) is 54.7 Å². The van der Waals surface area contributed by atoms with E-state index in [4.69, 9.17) is 4.42 Å². The second-order valence-corrected chi connectivity index (χ2v) is 10.2. The lowest BCUT2D eigenvalue weighted by atomic mass is 9.96. The van der Waals surface area contributed by atoms with Crippen LogP contribution in [0.2, 0.25) is 0 Å². The van der Waals surface area contributed by atoms with E-state index in [2.05, 4.69) is 4.98 Å². The first-order valence-corrected chi connectivity index (χ1v) is 12.2. The van der Waals surface area contributed by atoms with Crippen molar-refractivity contribution in [3.8, 4) is 0 Å². The highest BCUT2D eigenvalue weighted by Crippen LogP contribution is 2.30. The number of oxazole rings is 1. The Morgan fingerprint density at radius 1 is 0.935 bits per heavy atom. The van der Waals surface area contributed by atoms with Gasteiger partial charge in [-0.15, -0.1) is 0 Å². The van der Waals surface area contributed by atoms with E-state index in [0.29, 0.717) is 31.7 Å². The van der Waals surface area contributed by atoms with Gasteiger partial charge in [-0.3, -0.25) is 4.79 Å². The fourth-order valence-electron chi connectivity index (χ4n) is 4.42. The largest absolute Gasteiger partial charge is 0.440 e. The highest BCUT2D eigenvalue weighted by Gasteiger charge is 2.29. The Morgan fingerprint density at radius 3 is 2.29 bits per heavy atom. The molecule has 1 amide bonds. The van der Waals surface area contributed by atoms with Crippen LogP contribution in [0.25, 0.3) is 11.1 Å². The summed E-state index contributed by atoms with van der Waals surface area (Å²) in [6.45, 7) is 2.38. The van der Waals surface area contributed by atoms with Crippen molar-refractivity contribution in [2.75, 3.05) is 26.2 Å². The molecule has 2 aliphatic rings. The van der Waals surface area contributed by atoms with Gasteiger partial charge in [-0.25, -0.2) is 13.4 Å². The number of amides is 1. The molecule has 31 heavy (non-hydrogen) atoms. The summed E-state index contributed by atoms with van der Waals surface area (Å²) in [5.41, 5.74) is 2.17. The third-order valence-corrected chi connectivity index (χ3v) is 8.16. The van der Waals surface area contributed by atoms with Crippen molar-refractivity contribution in [2.45, 2.75) is 36.5 Å². The Balaban J connectivity index is 1.24. The maximum atomic E-state index is 12.9. The molecule has 8 heteroatoms. The quantitative estimate of drug-likeness (QED) is 0.620. The number of rotatable bonds is 4. The predicted octanol–water partition coefficient (Wildman–Crippen LogP) is 3.63. The zero-order chi connectivity index (χ0) is 21.4. The smallest absolute Gasteiger partial charge is 0.253 e. The molecule has 2 aromatic carbocycles. The van der Waals surface area contributed by atoms with Crippen molar-refractivity contribution < 1.29 is 17.6 Å². The van der Waals surface area contributed by atoms with E-state index >= 15 is 0 Å². The number of carbonyl (C=O) groups excluding carboxylic acids is 1. The van der Waals surface area contributed by atoms with Crippen LogP contribution in [0.3, 0.4) is 0 Å². The molecular formula is C23H25N3O4S. The molecule has 3 heterocycles. The summed E-state index contributed by atoms with van der Waals surface area (Å²) < 4.78 is 32.8. The van der Waals surface area contributed by atoms with Gasteiger partial charge in [0.05, 0.1) is 4.90 Å². The van der Waals surface area contributed by atoms with E-state index < -0.39 is 10.0 Å². The van der Waals surface area contributed by atoms with Crippen LogP contribution in [0.4, 0.5) is 0 Å². The van der Waals surface area contributed by atoms with E-state index in [9.17, 15) is 13.2 Å². The molecule has 0 spiro atoms. The predicted molar refractivity (Wildman–Crippen MR) is 116 cm³/mol. The molecule has 0 radical (unpaired) electrons. The Labute approximate surface area is 181 Å². The maximum absolute atomic E-state index is 12.9. The third kappa shape index (κ3) is 3.85. The van der Waals surface area contributed by atoms with Crippen LogP contribution < -0.4 is 0 Å². The summed E-state index contributed by atoms with van der Waals surface area (Å²) in [6.07, 6.45) is 3.38. The molecule has 0 bridgehead atoms. The van der Waals surface area contributed by atoms with Gasteiger partial charge >= 0.3 is 0 Å². The summed E-state index contributed by atoms with van der Waals surface area (Å²) in [5.74, 6) is 0.871. The highest BCUT2D eigenvalue weighted by atomic mass is 32.2. The Kier molecular flexibility index (Phi) is 5.27. The van der Waals surface area contributed by atoms with Crippen LogP contribution in [0.15, 0.2) is 57.8 Å². The normalized spacial score (nSPS) is 18.6. The summed E-state index contributed by atoms with van der Waals surface area (Å²) >= 11 is 0. The number of benzene rings is 2. The minimum absolute atomic E-state index is 0.0684. The van der Waals surface area contributed by atoms with Gasteiger partial charge in [0.15, 0.2) is 11.5 Å². The van der Waals surface area contributed by atoms with E-state index in [1.807, 2.05) is 29.2 Å². The Bertz CT molecular complexity index is 1160. The molecule has 0 N–H and O–H groups in total. The molecule has 2 saturated heterocycles. The van der Waals surface area contributed by atoms with Crippen molar-refractivity contribution in [2.24, 2.45) is 0 Å². The topological polar surface area (TPSA) is 83.7 Å². The SMILES string of the molecule is O=C(c1ccc(S(=O)(=O)N2CCCC2)cc1)N1CCC(c2nc3ccccc3o2)CC1. The van der Waals surface area contributed by atoms with Gasteiger partial charge in [0, 0.05) is 37.7 Å². The van der Waals surface area contributed by atoms with Gasteiger partial charge in [0.25, 0.3) is 5.91 Å². The van der Waals surface area contributed by atoms with Crippen LogP contribution in [0.1, 0.15) is 47.8 Å². The van der Waals surface area contributed by atoms with Gasteiger partial charge in [0.1, 0.15) is 5.52 Å².